The van der Waals surface area contributed by atoms with Crippen molar-refractivity contribution in [2.45, 2.75) is 26.4 Å². The molecule has 1 aromatic heterocycles. The Bertz CT molecular complexity index is 353. The SMILES string of the molecule is CC1(C)CNCCC1Oc1ncc(Br)cn1. The molecule has 1 atom stereocenters. The minimum absolute atomic E-state index is 0.120. The maximum Gasteiger partial charge on any atom is 0.316 e. The molecule has 1 unspecified atom stereocenters. The van der Waals surface area contributed by atoms with Gasteiger partial charge >= 0.3 is 6.01 Å². The molecular weight excluding hydrogens is 270 g/mol. The van der Waals surface area contributed by atoms with E-state index in [1.165, 1.54) is 0 Å². The lowest BCUT2D eigenvalue weighted by atomic mass is 9.82. The zero-order chi connectivity index (χ0) is 11.6. The Morgan fingerprint density at radius 1 is 1.44 bits per heavy atom. The Morgan fingerprint density at radius 2 is 2.12 bits per heavy atom. The van der Waals surface area contributed by atoms with Crippen LogP contribution in [0.4, 0.5) is 0 Å². The molecule has 0 saturated carbocycles. The molecule has 0 amide bonds. The van der Waals surface area contributed by atoms with Gasteiger partial charge in [-0.3, -0.25) is 0 Å². The van der Waals surface area contributed by atoms with Gasteiger partial charge in [0.15, 0.2) is 0 Å². The van der Waals surface area contributed by atoms with Crippen LogP contribution in [0.1, 0.15) is 20.3 Å². The molecule has 1 fully saturated rings. The van der Waals surface area contributed by atoms with E-state index < -0.39 is 0 Å². The van der Waals surface area contributed by atoms with Crippen molar-refractivity contribution in [1.29, 1.82) is 0 Å². The van der Waals surface area contributed by atoms with Crippen molar-refractivity contribution < 1.29 is 4.74 Å². The summed E-state index contributed by atoms with van der Waals surface area (Å²) >= 11 is 3.30. The van der Waals surface area contributed by atoms with Gasteiger partial charge < -0.3 is 10.1 Å². The number of ether oxygens (including phenoxy) is 1. The smallest absolute Gasteiger partial charge is 0.316 e. The van der Waals surface area contributed by atoms with E-state index in [4.69, 9.17) is 4.74 Å². The number of hydrogen-bond acceptors (Lipinski definition) is 4. The summed E-state index contributed by atoms with van der Waals surface area (Å²) in [6.07, 6.45) is 4.58. The molecule has 1 aliphatic rings. The van der Waals surface area contributed by atoms with E-state index in [0.29, 0.717) is 6.01 Å². The summed E-state index contributed by atoms with van der Waals surface area (Å²) in [4.78, 5) is 8.27. The molecule has 88 valence electrons. The molecule has 4 nitrogen and oxygen atoms in total. The Labute approximate surface area is 104 Å². The second-order valence-corrected chi connectivity index (χ2v) is 5.66. The van der Waals surface area contributed by atoms with E-state index in [1.807, 2.05) is 0 Å². The lowest BCUT2D eigenvalue weighted by Crippen LogP contribution is -2.49. The molecule has 1 aliphatic heterocycles. The van der Waals surface area contributed by atoms with Crippen LogP contribution >= 0.6 is 15.9 Å². The van der Waals surface area contributed by atoms with Crippen LogP contribution < -0.4 is 10.1 Å². The van der Waals surface area contributed by atoms with Crippen molar-refractivity contribution in [3.05, 3.63) is 16.9 Å². The van der Waals surface area contributed by atoms with Crippen molar-refractivity contribution in [1.82, 2.24) is 15.3 Å². The minimum Gasteiger partial charge on any atom is -0.459 e. The molecular formula is C11H16BrN3O. The summed E-state index contributed by atoms with van der Waals surface area (Å²) in [6.45, 7) is 6.35. The summed E-state index contributed by atoms with van der Waals surface area (Å²) in [5.74, 6) is 0. The van der Waals surface area contributed by atoms with Gasteiger partial charge in [-0.1, -0.05) is 13.8 Å². The average Bonchev–Trinajstić information content (AvgIpc) is 2.24. The molecule has 0 radical (unpaired) electrons. The Balaban J connectivity index is 2.05. The van der Waals surface area contributed by atoms with Crippen LogP contribution in [0.2, 0.25) is 0 Å². The van der Waals surface area contributed by atoms with Gasteiger partial charge in [0.1, 0.15) is 6.10 Å². The van der Waals surface area contributed by atoms with E-state index in [2.05, 4.69) is 45.1 Å². The van der Waals surface area contributed by atoms with Crippen LogP contribution in [0.5, 0.6) is 6.01 Å². The van der Waals surface area contributed by atoms with Gasteiger partial charge in [0.25, 0.3) is 0 Å². The molecule has 0 aromatic carbocycles. The fourth-order valence-corrected chi connectivity index (χ4v) is 2.06. The number of hydrogen-bond donors (Lipinski definition) is 1. The maximum absolute atomic E-state index is 5.84. The number of nitrogens with zero attached hydrogens (tertiary/aromatic N) is 2. The molecule has 2 rings (SSSR count). The highest BCUT2D eigenvalue weighted by molar-refractivity contribution is 9.10. The molecule has 5 heteroatoms. The van der Waals surface area contributed by atoms with Gasteiger partial charge in [0, 0.05) is 24.4 Å². The van der Waals surface area contributed by atoms with E-state index in [1.54, 1.807) is 12.4 Å². The van der Waals surface area contributed by atoms with Gasteiger partial charge in [-0.15, -0.1) is 0 Å². The monoisotopic (exact) mass is 285 g/mol. The van der Waals surface area contributed by atoms with Crippen LogP contribution in [0.3, 0.4) is 0 Å². The molecule has 0 bridgehead atoms. The van der Waals surface area contributed by atoms with Crippen molar-refractivity contribution in [2.24, 2.45) is 5.41 Å². The van der Waals surface area contributed by atoms with Crippen LogP contribution in [0.15, 0.2) is 16.9 Å². The minimum atomic E-state index is 0.120. The molecule has 0 spiro atoms. The first kappa shape index (κ1) is 11.8. The molecule has 16 heavy (non-hydrogen) atoms. The van der Waals surface area contributed by atoms with E-state index in [-0.39, 0.29) is 11.5 Å². The van der Waals surface area contributed by atoms with Crippen LogP contribution in [-0.4, -0.2) is 29.2 Å². The highest BCUT2D eigenvalue weighted by Gasteiger charge is 2.34. The average molecular weight is 286 g/mol. The summed E-state index contributed by atoms with van der Waals surface area (Å²) in [6, 6.07) is 0.461. The van der Waals surface area contributed by atoms with E-state index in [9.17, 15) is 0 Å². The quantitative estimate of drug-likeness (QED) is 0.903. The highest BCUT2D eigenvalue weighted by atomic mass is 79.9. The third-order valence-electron chi connectivity index (χ3n) is 2.88. The lowest BCUT2D eigenvalue weighted by molar-refractivity contribution is 0.0375. The molecule has 0 aliphatic carbocycles. The normalized spacial score (nSPS) is 24.1. The summed E-state index contributed by atoms with van der Waals surface area (Å²) in [7, 11) is 0. The lowest BCUT2D eigenvalue weighted by Gasteiger charge is -2.38. The van der Waals surface area contributed by atoms with Crippen LogP contribution in [0, 0.1) is 5.41 Å². The predicted octanol–water partition coefficient (Wildman–Crippen LogP) is 2.01. The fraction of sp³-hybridized carbons (Fsp3) is 0.636. The van der Waals surface area contributed by atoms with Gasteiger partial charge in [0.05, 0.1) is 4.47 Å². The van der Waals surface area contributed by atoms with Crippen LogP contribution in [-0.2, 0) is 0 Å². The first-order valence-corrected chi connectivity index (χ1v) is 6.22. The second-order valence-electron chi connectivity index (χ2n) is 4.74. The zero-order valence-electron chi connectivity index (χ0n) is 9.53. The first-order valence-electron chi connectivity index (χ1n) is 5.43. The number of aromatic nitrogens is 2. The van der Waals surface area contributed by atoms with Crippen molar-refractivity contribution >= 4 is 15.9 Å². The summed E-state index contributed by atoms with van der Waals surface area (Å²) in [5, 5.41) is 3.37. The molecule has 1 aromatic rings. The number of nitrogens with one attached hydrogen (secondary N) is 1. The third-order valence-corrected chi connectivity index (χ3v) is 3.29. The van der Waals surface area contributed by atoms with Crippen LogP contribution in [0.25, 0.3) is 0 Å². The number of rotatable bonds is 2. The van der Waals surface area contributed by atoms with E-state index >= 15 is 0 Å². The maximum atomic E-state index is 5.84. The van der Waals surface area contributed by atoms with Gasteiger partial charge in [-0.2, -0.15) is 0 Å². The third kappa shape index (κ3) is 2.71. The highest BCUT2D eigenvalue weighted by Crippen LogP contribution is 2.28. The van der Waals surface area contributed by atoms with Gasteiger partial charge in [-0.05, 0) is 28.9 Å². The summed E-state index contributed by atoms with van der Waals surface area (Å²) < 4.78 is 6.71. The Hall–Kier alpha value is -0.680. The standard InChI is InChI=1S/C11H16BrN3O/c1-11(2)7-13-4-3-9(11)16-10-14-5-8(12)6-15-10/h5-6,9,13H,3-4,7H2,1-2H3. The van der Waals surface area contributed by atoms with Crippen molar-refractivity contribution in [2.75, 3.05) is 13.1 Å². The predicted molar refractivity (Wildman–Crippen MR) is 65.4 cm³/mol. The molecule has 1 saturated heterocycles. The van der Waals surface area contributed by atoms with Crippen molar-refractivity contribution in [3.8, 4) is 6.01 Å². The Kier molecular flexibility index (Phi) is 3.44. The Morgan fingerprint density at radius 3 is 2.75 bits per heavy atom. The fourth-order valence-electron chi connectivity index (χ4n) is 1.86. The van der Waals surface area contributed by atoms with Crippen molar-refractivity contribution in [3.63, 3.8) is 0 Å². The largest absolute Gasteiger partial charge is 0.459 e. The topological polar surface area (TPSA) is 47.0 Å². The van der Waals surface area contributed by atoms with Gasteiger partial charge in [-0.25, -0.2) is 9.97 Å². The zero-order valence-corrected chi connectivity index (χ0v) is 11.1. The summed E-state index contributed by atoms with van der Waals surface area (Å²) in [5.41, 5.74) is 0.120. The molecule has 1 N–H and O–H groups in total. The second kappa shape index (κ2) is 4.67. The molecule has 2 heterocycles. The van der Waals surface area contributed by atoms with Gasteiger partial charge in [0.2, 0.25) is 0 Å². The number of halogens is 1. The van der Waals surface area contributed by atoms with E-state index in [0.717, 1.165) is 24.0 Å². The number of piperidine rings is 1. The first-order chi connectivity index (χ1) is 7.58.